The standard InChI is InChI=1S/C10H17NO6/c1-2-4-9(15)11-6-8(14)7(13)5(3-12)17-10(6)16-4/h4-8,10,12-14H,2-3H2,1H3,(H,11,15)/t4-,5+,6+,7-,8+,10-/m0/s1. The van der Waals surface area contributed by atoms with Crippen LogP contribution in [-0.4, -0.2) is 64.6 Å². The van der Waals surface area contributed by atoms with E-state index in [9.17, 15) is 15.0 Å². The number of carbonyl (C=O) groups is 1. The van der Waals surface area contributed by atoms with E-state index in [0.717, 1.165) is 0 Å². The highest BCUT2D eigenvalue weighted by Crippen LogP contribution is 2.26. The quantitative estimate of drug-likeness (QED) is 0.438. The van der Waals surface area contributed by atoms with Gasteiger partial charge < -0.3 is 30.1 Å². The van der Waals surface area contributed by atoms with Crippen LogP contribution in [0.15, 0.2) is 0 Å². The Hall–Kier alpha value is -0.730. The number of hydrogen-bond donors (Lipinski definition) is 4. The molecule has 2 rings (SSSR count). The Labute approximate surface area is 98.3 Å². The van der Waals surface area contributed by atoms with Crippen molar-refractivity contribution >= 4 is 5.91 Å². The molecule has 0 bridgehead atoms. The highest BCUT2D eigenvalue weighted by atomic mass is 16.7. The van der Waals surface area contributed by atoms with Gasteiger partial charge in [0.25, 0.3) is 0 Å². The van der Waals surface area contributed by atoms with Crippen LogP contribution in [0, 0.1) is 0 Å². The number of morpholine rings is 1. The largest absolute Gasteiger partial charge is 0.394 e. The van der Waals surface area contributed by atoms with E-state index >= 15 is 0 Å². The van der Waals surface area contributed by atoms with Crippen molar-refractivity contribution in [2.24, 2.45) is 0 Å². The van der Waals surface area contributed by atoms with Crippen molar-refractivity contribution in [3.8, 4) is 0 Å². The molecule has 0 aromatic rings. The van der Waals surface area contributed by atoms with Gasteiger partial charge in [-0.25, -0.2) is 0 Å². The van der Waals surface area contributed by atoms with Crippen LogP contribution in [0.5, 0.6) is 0 Å². The zero-order chi connectivity index (χ0) is 12.6. The van der Waals surface area contributed by atoms with Crippen LogP contribution < -0.4 is 5.32 Å². The van der Waals surface area contributed by atoms with Gasteiger partial charge in [0, 0.05) is 0 Å². The summed E-state index contributed by atoms with van der Waals surface area (Å²) in [5, 5.41) is 31.0. The summed E-state index contributed by atoms with van der Waals surface area (Å²) in [4.78, 5) is 11.5. The molecule has 7 heteroatoms. The third-order valence-corrected chi connectivity index (χ3v) is 3.15. The SMILES string of the molecule is CC[C@@H]1O[C@H]2O[C@H](CO)[C@H](O)[C@H](O)[C@H]2NC1=O. The molecule has 4 N–H and O–H groups in total. The number of nitrogens with one attached hydrogen (secondary N) is 1. The molecule has 0 aromatic heterocycles. The van der Waals surface area contributed by atoms with Crippen LogP contribution >= 0.6 is 0 Å². The molecule has 17 heavy (non-hydrogen) atoms. The maximum absolute atomic E-state index is 11.5. The van der Waals surface area contributed by atoms with Crippen molar-refractivity contribution in [1.82, 2.24) is 5.32 Å². The lowest BCUT2D eigenvalue weighted by Crippen LogP contribution is -2.69. The van der Waals surface area contributed by atoms with Gasteiger partial charge >= 0.3 is 0 Å². The van der Waals surface area contributed by atoms with E-state index in [1.807, 2.05) is 0 Å². The Morgan fingerprint density at radius 3 is 2.59 bits per heavy atom. The first-order valence-electron chi connectivity index (χ1n) is 5.66. The van der Waals surface area contributed by atoms with E-state index in [1.54, 1.807) is 6.92 Å². The number of aliphatic hydroxyl groups excluding tert-OH is 3. The molecule has 2 aliphatic rings. The smallest absolute Gasteiger partial charge is 0.249 e. The van der Waals surface area contributed by atoms with Crippen LogP contribution in [0.3, 0.4) is 0 Å². The Kier molecular flexibility index (Phi) is 3.64. The zero-order valence-corrected chi connectivity index (χ0v) is 9.44. The molecule has 2 saturated heterocycles. The minimum Gasteiger partial charge on any atom is -0.394 e. The van der Waals surface area contributed by atoms with Gasteiger partial charge in [-0.05, 0) is 6.42 Å². The molecule has 0 aliphatic carbocycles. The summed E-state index contributed by atoms with van der Waals surface area (Å²) in [7, 11) is 0. The highest BCUT2D eigenvalue weighted by molar-refractivity contribution is 5.81. The molecule has 1 amide bonds. The molecule has 0 aromatic carbocycles. The van der Waals surface area contributed by atoms with Gasteiger partial charge in [0.1, 0.15) is 30.5 Å². The monoisotopic (exact) mass is 247 g/mol. The molecule has 6 atom stereocenters. The first-order chi connectivity index (χ1) is 8.08. The number of ether oxygens (including phenoxy) is 2. The van der Waals surface area contributed by atoms with Crippen molar-refractivity contribution in [3.05, 3.63) is 0 Å². The summed E-state index contributed by atoms with van der Waals surface area (Å²) in [6, 6.07) is -0.803. The molecule has 2 heterocycles. The molecule has 0 saturated carbocycles. The highest BCUT2D eigenvalue weighted by Gasteiger charge is 2.49. The number of aliphatic hydroxyl groups is 3. The number of hydrogen-bond acceptors (Lipinski definition) is 6. The predicted octanol–water partition coefficient (Wildman–Crippen LogP) is -2.28. The Bertz CT molecular complexity index is 299. The minimum absolute atomic E-state index is 0.328. The minimum atomic E-state index is -1.25. The van der Waals surface area contributed by atoms with Crippen molar-refractivity contribution < 1.29 is 29.6 Å². The summed E-state index contributed by atoms with van der Waals surface area (Å²) in [5.74, 6) is -0.328. The summed E-state index contributed by atoms with van der Waals surface area (Å²) >= 11 is 0. The average Bonchev–Trinajstić information content (AvgIpc) is 2.34. The fourth-order valence-corrected chi connectivity index (χ4v) is 2.11. The van der Waals surface area contributed by atoms with Gasteiger partial charge in [-0.2, -0.15) is 0 Å². The Morgan fingerprint density at radius 2 is 2.00 bits per heavy atom. The average molecular weight is 247 g/mol. The van der Waals surface area contributed by atoms with E-state index in [1.165, 1.54) is 0 Å². The van der Waals surface area contributed by atoms with Crippen molar-refractivity contribution in [3.63, 3.8) is 0 Å². The number of fused-ring (bicyclic) bond motifs is 1. The lowest BCUT2D eigenvalue weighted by atomic mass is 9.95. The summed E-state index contributed by atoms with van der Waals surface area (Å²) in [6.45, 7) is 1.37. The lowest BCUT2D eigenvalue weighted by Gasteiger charge is -2.46. The molecule has 0 radical (unpaired) electrons. The second-order valence-electron chi connectivity index (χ2n) is 4.27. The van der Waals surface area contributed by atoms with Gasteiger partial charge in [-0.1, -0.05) is 6.92 Å². The van der Waals surface area contributed by atoms with Crippen molar-refractivity contribution in [2.45, 2.75) is 50.1 Å². The fraction of sp³-hybridized carbons (Fsp3) is 0.900. The fourth-order valence-electron chi connectivity index (χ4n) is 2.11. The van der Waals surface area contributed by atoms with E-state index in [2.05, 4.69) is 5.32 Å². The van der Waals surface area contributed by atoms with E-state index in [-0.39, 0.29) is 5.91 Å². The van der Waals surface area contributed by atoms with E-state index in [0.29, 0.717) is 6.42 Å². The molecular formula is C10H17NO6. The molecule has 0 unspecified atom stereocenters. The summed E-state index contributed by atoms with van der Waals surface area (Å²) < 4.78 is 10.7. The normalized spacial score (nSPS) is 46.2. The molecule has 98 valence electrons. The predicted molar refractivity (Wildman–Crippen MR) is 54.9 cm³/mol. The Balaban J connectivity index is 2.12. The van der Waals surface area contributed by atoms with Crippen LogP contribution in [0.2, 0.25) is 0 Å². The molecule has 0 spiro atoms. The van der Waals surface area contributed by atoms with Crippen molar-refractivity contribution in [1.29, 1.82) is 0 Å². The van der Waals surface area contributed by atoms with Crippen LogP contribution in [0.1, 0.15) is 13.3 Å². The molecule has 7 nitrogen and oxygen atoms in total. The topological polar surface area (TPSA) is 108 Å². The Morgan fingerprint density at radius 1 is 1.29 bits per heavy atom. The van der Waals surface area contributed by atoms with E-state index in [4.69, 9.17) is 14.6 Å². The van der Waals surface area contributed by atoms with E-state index < -0.39 is 43.4 Å². The second kappa shape index (κ2) is 4.87. The van der Waals surface area contributed by atoms with Gasteiger partial charge in [-0.15, -0.1) is 0 Å². The summed E-state index contributed by atoms with van der Waals surface area (Å²) in [6.07, 6.45) is -4.35. The third kappa shape index (κ3) is 2.16. The van der Waals surface area contributed by atoms with Crippen LogP contribution in [0.25, 0.3) is 0 Å². The van der Waals surface area contributed by atoms with Gasteiger partial charge in [0.15, 0.2) is 6.29 Å². The molecule has 2 fully saturated rings. The number of carbonyl (C=O) groups excluding carboxylic acids is 1. The molecular weight excluding hydrogens is 230 g/mol. The number of amides is 1. The van der Waals surface area contributed by atoms with Crippen LogP contribution in [0.4, 0.5) is 0 Å². The van der Waals surface area contributed by atoms with Gasteiger partial charge in [0.05, 0.1) is 6.61 Å². The maximum atomic E-state index is 11.5. The second-order valence-corrected chi connectivity index (χ2v) is 4.27. The summed E-state index contributed by atoms with van der Waals surface area (Å²) in [5.41, 5.74) is 0. The zero-order valence-electron chi connectivity index (χ0n) is 9.44. The molecule has 2 aliphatic heterocycles. The first kappa shape index (κ1) is 12.7. The van der Waals surface area contributed by atoms with Crippen LogP contribution in [-0.2, 0) is 14.3 Å². The van der Waals surface area contributed by atoms with Gasteiger partial charge in [0.2, 0.25) is 5.91 Å². The van der Waals surface area contributed by atoms with Gasteiger partial charge in [-0.3, -0.25) is 4.79 Å². The third-order valence-electron chi connectivity index (χ3n) is 3.15. The first-order valence-corrected chi connectivity index (χ1v) is 5.66. The maximum Gasteiger partial charge on any atom is 0.249 e. The number of rotatable bonds is 2. The van der Waals surface area contributed by atoms with Crippen molar-refractivity contribution in [2.75, 3.05) is 6.61 Å². The lowest BCUT2D eigenvalue weighted by molar-refractivity contribution is -0.290.